The average molecular weight is 331 g/mol. The maximum absolute atomic E-state index is 13.0. The molecule has 0 amide bonds. The molecule has 0 aromatic heterocycles. The van der Waals surface area contributed by atoms with E-state index in [0.717, 1.165) is 6.42 Å². The van der Waals surface area contributed by atoms with Crippen molar-refractivity contribution in [1.29, 1.82) is 0 Å². The fraction of sp³-hybridized carbons (Fsp3) is 0.562. The van der Waals surface area contributed by atoms with Crippen LogP contribution in [0.3, 0.4) is 0 Å². The SMILES string of the molecule is Cc1ccc(OCCN2CCCCC2C(F)(F)F)cc1C(=O)O. The number of likely N-dealkylation sites (tertiary alicyclic amines) is 1. The molecule has 1 saturated heterocycles. The molecule has 23 heavy (non-hydrogen) atoms. The van der Waals surface area contributed by atoms with E-state index < -0.39 is 18.2 Å². The summed E-state index contributed by atoms with van der Waals surface area (Å²) in [6.45, 7) is 2.34. The van der Waals surface area contributed by atoms with E-state index in [1.165, 1.54) is 11.0 Å². The predicted molar refractivity (Wildman–Crippen MR) is 78.9 cm³/mol. The van der Waals surface area contributed by atoms with Gasteiger partial charge in [-0.05, 0) is 44.0 Å². The van der Waals surface area contributed by atoms with E-state index in [1.807, 2.05) is 0 Å². The van der Waals surface area contributed by atoms with E-state index in [0.29, 0.717) is 24.3 Å². The Morgan fingerprint density at radius 2 is 2.13 bits per heavy atom. The second kappa shape index (κ2) is 7.21. The summed E-state index contributed by atoms with van der Waals surface area (Å²) in [6.07, 6.45) is -2.76. The monoisotopic (exact) mass is 331 g/mol. The van der Waals surface area contributed by atoms with Crippen molar-refractivity contribution in [2.45, 2.75) is 38.4 Å². The standard InChI is InChI=1S/C16H20F3NO3/c1-11-5-6-12(10-13(11)15(21)22)23-9-8-20-7-3-2-4-14(20)16(17,18)19/h5-6,10,14H,2-4,7-9H2,1H3,(H,21,22). The summed E-state index contributed by atoms with van der Waals surface area (Å²) in [4.78, 5) is 12.5. The minimum atomic E-state index is -4.22. The third-order valence-electron chi connectivity index (χ3n) is 4.08. The number of carboxylic acids is 1. The number of ether oxygens (including phenoxy) is 1. The second-order valence-electron chi connectivity index (χ2n) is 5.72. The summed E-state index contributed by atoms with van der Waals surface area (Å²) in [5.74, 6) is -0.699. The number of aromatic carboxylic acids is 1. The Balaban J connectivity index is 1.93. The van der Waals surface area contributed by atoms with Crippen LogP contribution in [0.4, 0.5) is 13.2 Å². The van der Waals surface area contributed by atoms with Crippen molar-refractivity contribution in [1.82, 2.24) is 4.90 Å². The van der Waals surface area contributed by atoms with E-state index in [9.17, 15) is 18.0 Å². The summed E-state index contributed by atoms with van der Waals surface area (Å²) in [5, 5.41) is 9.05. The molecular formula is C16H20F3NO3. The number of hydrogen-bond acceptors (Lipinski definition) is 3. The molecule has 1 unspecified atom stereocenters. The van der Waals surface area contributed by atoms with Gasteiger partial charge in [0.1, 0.15) is 18.4 Å². The van der Waals surface area contributed by atoms with Gasteiger partial charge in [0.05, 0.1) is 5.56 Å². The molecule has 1 heterocycles. The Labute approximate surface area is 132 Å². The molecule has 1 aromatic rings. The van der Waals surface area contributed by atoms with Gasteiger partial charge in [-0.1, -0.05) is 12.5 Å². The average Bonchev–Trinajstić information content (AvgIpc) is 2.48. The molecule has 128 valence electrons. The number of carboxylic acid groups (broad SMARTS) is 1. The summed E-state index contributed by atoms with van der Waals surface area (Å²) in [6, 6.07) is 3.24. The summed E-state index contributed by atoms with van der Waals surface area (Å²) in [7, 11) is 0. The molecule has 1 atom stereocenters. The molecule has 4 nitrogen and oxygen atoms in total. The first-order valence-electron chi connectivity index (χ1n) is 7.56. The van der Waals surface area contributed by atoms with E-state index >= 15 is 0 Å². The van der Waals surface area contributed by atoms with Gasteiger partial charge in [0.25, 0.3) is 0 Å². The van der Waals surface area contributed by atoms with Gasteiger partial charge < -0.3 is 9.84 Å². The van der Waals surface area contributed by atoms with Gasteiger partial charge in [0.2, 0.25) is 0 Å². The third-order valence-corrected chi connectivity index (χ3v) is 4.08. The first kappa shape index (κ1) is 17.6. The van der Waals surface area contributed by atoms with Gasteiger partial charge in [-0.25, -0.2) is 4.79 Å². The molecule has 2 rings (SSSR count). The van der Waals surface area contributed by atoms with Crippen molar-refractivity contribution in [3.05, 3.63) is 29.3 Å². The number of halogens is 3. The van der Waals surface area contributed by atoms with Crippen molar-refractivity contribution >= 4 is 5.97 Å². The molecule has 7 heteroatoms. The van der Waals surface area contributed by atoms with Crippen LogP contribution in [0.5, 0.6) is 5.75 Å². The van der Waals surface area contributed by atoms with Crippen LogP contribution in [0.2, 0.25) is 0 Å². The molecule has 0 bridgehead atoms. The molecular weight excluding hydrogens is 311 g/mol. The highest BCUT2D eigenvalue weighted by molar-refractivity contribution is 5.89. The van der Waals surface area contributed by atoms with Crippen LogP contribution in [0.25, 0.3) is 0 Å². The first-order chi connectivity index (χ1) is 10.8. The molecule has 0 aliphatic carbocycles. The van der Waals surface area contributed by atoms with E-state index in [1.54, 1.807) is 19.1 Å². The maximum atomic E-state index is 13.0. The Morgan fingerprint density at radius 3 is 2.78 bits per heavy atom. The molecule has 0 saturated carbocycles. The van der Waals surface area contributed by atoms with E-state index in [2.05, 4.69) is 0 Å². The molecule has 0 spiro atoms. The third kappa shape index (κ3) is 4.60. The van der Waals surface area contributed by atoms with E-state index in [-0.39, 0.29) is 25.1 Å². The van der Waals surface area contributed by atoms with Crippen LogP contribution in [-0.4, -0.2) is 47.9 Å². The normalized spacial score (nSPS) is 19.6. The predicted octanol–water partition coefficient (Wildman–Crippen LogP) is 3.49. The van der Waals surface area contributed by atoms with Gasteiger partial charge in [-0.3, -0.25) is 4.90 Å². The zero-order valence-corrected chi connectivity index (χ0v) is 12.9. The number of hydrogen-bond donors (Lipinski definition) is 1. The Morgan fingerprint density at radius 1 is 1.39 bits per heavy atom. The molecule has 0 radical (unpaired) electrons. The van der Waals surface area contributed by atoms with Crippen LogP contribution >= 0.6 is 0 Å². The lowest BCUT2D eigenvalue weighted by Gasteiger charge is -2.36. The minimum Gasteiger partial charge on any atom is -0.492 e. The molecule has 1 fully saturated rings. The van der Waals surface area contributed by atoms with Gasteiger partial charge in [0, 0.05) is 6.54 Å². The maximum Gasteiger partial charge on any atom is 0.404 e. The number of benzene rings is 1. The number of rotatable bonds is 5. The highest BCUT2D eigenvalue weighted by atomic mass is 19.4. The molecule has 1 aromatic carbocycles. The van der Waals surface area contributed by atoms with Gasteiger partial charge in [-0.15, -0.1) is 0 Å². The Kier molecular flexibility index (Phi) is 5.51. The minimum absolute atomic E-state index is 0.0920. The number of nitrogens with zero attached hydrogens (tertiary/aromatic N) is 1. The number of carbonyl (C=O) groups is 1. The molecule has 1 aliphatic rings. The second-order valence-corrected chi connectivity index (χ2v) is 5.72. The van der Waals surface area contributed by atoms with Crippen molar-refractivity contribution in [3.8, 4) is 5.75 Å². The van der Waals surface area contributed by atoms with Gasteiger partial charge in [0.15, 0.2) is 0 Å². The van der Waals surface area contributed by atoms with Crippen LogP contribution in [-0.2, 0) is 0 Å². The first-order valence-corrected chi connectivity index (χ1v) is 7.56. The zero-order valence-electron chi connectivity index (χ0n) is 12.9. The summed E-state index contributed by atoms with van der Waals surface area (Å²) >= 11 is 0. The fourth-order valence-corrected chi connectivity index (χ4v) is 2.83. The lowest BCUT2D eigenvalue weighted by atomic mass is 10.0. The van der Waals surface area contributed by atoms with Crippen LogP contribution in [0.1, 0.15) is 35.2 Å². The lowest BCUT2D eigenvalue weighted by molar-refractivity contribution is -0.191. The summed E-state index contributed by atoms with van der Waals surface area (Å²) < 4.78 is 44.4. The Bertz CT molecular complexity index is 560. The highest BCUT2D eigenvalue weighted by Crippen LogP contribution is 2.31. The van der Waals surface area contributed by atoms with Crippen LogP contribution in [0, 0.1) is 6.92 Å². The quantitative estimate of drug-likeness (QED) is 0.897. The fourth-order valence-electron chi connectivity index (χ4n) is 2.83. The van der Waals surface area contributed by atoms with Crippen LogP contribution in [0.15, 0.2) is 18.2 Å². The molecule has 1 aliphatic heterocycles. The zero-order chi connectivity index (χ0) is 17.0. The van der Waals surface area contributed by atoms with Gasteiger partial charge in [-0.2, -0.15) is 13.2 Å². The number of alkyl halides is 3. The highest BCUT2D eigenvalue weighted by Gasteiger charge is 2.44. The van der Waals surface area contributed by atoms with Crippen molar-refractivity contribution in [2.75, 3.05) is 19.7 Å². The molecule has 1 N–H and O–H groups in total. The summed E-state index contributed by atoms with van der Waals surface area (Å²) in [5.41, 5.74) is 0.742. The smallest absolute Gasteiger partial charge is 0.404 e. The largest absolute Gasteiger partial charge is 0.492 e. The van der Waals surface area contributed by atoms with Crippen molar-refractivity contribution in [3.63, 3.8) is 0 Å². The van der Waals surface area contributed by atoms with Crippen LogP contribution < -0.4 is 4.74 Å². The number of piperidine rings is 1. The Hall–Kier alpha value is -1.76. The topological polar surface area (TPSA) is 49.8 Å². The van der Waals surface area contributed by atoms with Gasteiger partial charge >= 0.3 is 12.1 Å². The number of aryl methyl sites for hydroxylation is 1. The van der Waals surface area contributed by atoms with E-state index in [4.69, 9.17) is 9.84 Å². The van der Waals surface area contributed by atoms with Crippen molar-refractivity contribution < 1.29 is 27.8 Å². The van der Waals surface area contributed by atoms with Crippen molar-refractivity contribution in [2.24, 2.45) is 0 Å². The lowest BCUT2D eigenvalue weighted by Crippen LogP contribution is -2.49.